The molecule has 0 bridgehead atoms. The summed E-state index contributed by atoms with van der Waals surface area (Å²) >= 11 is 0. The highest BCUT2D eigenvalue weighted by molar-refractivity contribution is 7.90. The lowest BCUT2D eigenvalue weighted by molar-refractivity contribution is -0.119. The van der Waals surface area contributed by atoms with Gasteiger partial charge in [-0.25, -0.2) is 17.5 Å². The smallest absolute Gasteiger partial charge is 0.269 e. The van der Waals surface area contributed by atoms with Gasteiger partial charge in [0.2, 0.25) is 5.91 Å². The second-order valence-electron chi connectivity index (χ2n) is 11.0. The van der Waals surface area contributed by atoms with Crippen LogP contribution in [0.2, 0.25) is 0 Å². The topological polar surface area (TPSA) is 128 Å². The molecule has 232 valence electrons. The van der Waals surface area contributed by atoms with Crippen molar-refractivity contribution in [3.8, 4) is 5.75 Å². The molecular formula is C33H36FN3O6S. The number of nitrogens with one attached hydrogen (secondary N) is 2. The van der Waals surface area contributed by atoms with Gasteiger partial charge in [0.1, 0.15) is 23.9 Å². The monoisotopic (exact) mass is 621 g/mol. The van der Waals surface area contributed by atoms with Crippen molar-refractivity contribution in [2.24, 2.45) is 5.92 Å². The normalized spacial score (nSPS) is 12.1. The molecule has 0 radical (unpaired) electrons. The summed E-state index contributed by atoms with van der Waals surface area (Å²) < 4.78 is 52.1. The van der Waals surface area contributed by atoms with Gasteiger partial charge in [0, 0.05) is 12.0 Å². The number of benzene rings is 3. The molecule has 0 saturated heterocycles. The SMILES string of the molecule is Cc1noc(C)c1S(=O)(=O)NC(=O)CCc1ccc(COc2ccccc2)cc1C(=O)NC(CC(C)C)c1ccc(F)cc1. The van der Waals surface area contributed by atoms with Gasteiger partial charge in [-0.05, 0) is 79.6 Å². The first kappa shape index (κ1) is 32.4. The average molecular weight is 622 g/mol. The van der Waals surface area contributed by atoms with Gasteiger partial charge in [0.25, 0.3) is 15.9 Å². The van der Waals surface area contributed by atoms with E-state index in [1.54, 1.807) is 30.3 Å². The van der Waals surface area contributed by atoms with E-state index in [0.29, 0.717) is 23.3 Å². The van der Waals surface area contributed by atoms with E-state index >= 15 is 0 Å². The number of amides is 2. The first-order valence-electron chi connectivity index (χ1n) is 14.3. The molecule has 2 N–H and O–H groups in total. The summed E-state index contributed by atoms with van der Waals surface area (Å²) in [6, 6.07) is 20.2. The first-order valence-corrected chi connectivity index (χ1v) is 15.8. The largest absolute Gasteiger partial charge is 0.489 e. The van der Waals surface area contributed by atoms with E-state index in [9.17, 15) is 22.4 Å². The number of aromatic nitrogens is 1. The van der Waals surface area contributed by atoms with Crippen LogP contribution in [0.25, 0.3) is 0 Å². The van der Waals surface area contributed by atoms with Crippen molar-refractivity contribution >= 4 is 21.8 Å². The van der Waals surface area contributed by atoms with Gasteiger partial charge in [0.05, 0.1) is 6.04 Å². The highest BCUT2D eigenvalue weighted by Crippen LogP contribution is 2.24. The van der Waals surface area contributed by atoms with Crippen molar-refractivity contribution in [2.75, 3.05) is 0 Å². The maximum Gasteiger partial charge on any atom is 0.269 e. The Morgan fingerprint density at radius 3 is 2.34 bits per heavy atom. The Morgan fingerprint density at radius 1 is 1.00 bits per heavy atom. The van der Waals surface area contributed by atoms with Crippen molar-refractivity contribution in [3.05, 3.63) is 112 Å². The molecule has 0 saturated carbocycles. The molecular weight excluding hydrogens is 585 g/mol. The van der Waals surface area contributed by atoms with Gasteiger partial charge in [-0.15, -0.1) is 0 Å². The number of hydrogen-bond donors (Lipinski definition) is 2. The number of carbonyl (C=O) groups excluding carboxylic acids is 2. The van der Waals surface area contributed by atoms with Crippen LogP contribution in [0, 0.1) is 25.6 Å². The van der Waals surface area contributed by atoms with E-state index in [1.165, 1.54) is 26.0 Å². The van der Waals surface area contributed by atoms with E-state index in [4.69, 9.17) is 9.26 Å². The molecule has 0 aliphatic carbocycles. The maximum absolute atomic E-state index is 13.8. The summed E-state index contributed by atoms with van der Waals surface area (Å²) in [7, 11) is -4.19. The number of halogens is 1. The van der Waals surface area contributed by atoms with Crippen molar-refractivity contribution in [3.63, 3.8) is 0 Å². The molecule has 0 fully saturated rings. The van der Waals surface area contributed by atoms with Gasteiger partial charge in [-0.1, -0.05) is 61.5 Å². The van der Waals surface area contributed by atoms with Gasteiger partial charge >= 0.3 is 0 Å². The molecule has 1 aromatic heterocycles. The second kappa shape index (κ2) is 14.3. The number of hydrogen-bond acceptors (Lipinski definition) is 7. The fourth-order valence-corrected chi connectivity index (χ4v) is 6.21. The van der Waals surface area contributed by atoms with Crippen LogP contribution in [0.1, 0.15) is 71.2 Å². The molecule has 3 aromatic carbocycles. The Bertz CT molecular complexity index is 1680. The molecule has 11 heteroatoms. The number of sulfonamides is 1. The molecule has 4 rings (SSSR count). The minimum absolute atomic E-state index is 0.0761. The third-order valence-corrected chi connectivity index (χ3v) is 8.58. The summed E-state index contributed by atoms with van der Waals surface area (Å²) in [5.41, 5.74) is 2.53. The van der Waals surface area contributed by atoms with Gasteiger partial charge in [0.15, 0.2) is 10.7 Å². The van der Waals surface area contributed by atoms with Crippen molar-refractivity contribution < 1.29 is 31.7 Å². The van der Waals surface area contributed by atoms with Crippen LogP contribution in [0.4, 0.5) is 4.39 Å². The molecule has 9 nitrogen and oxygen atoms in total. The number of aryl methyl sites for hydroxylation is 3. The second-order valence-corrected chi connectivity index (χ2v) is 12.6. The highest BCUT2D eigenvalue weighted by Gasteiger charge is 2.26. The summed E-state index contributed by atoms with van der Waals surface area (Å²) in [6.07, 6.45) is 0.512. The number of carbonyl (C=O) groups is 2. The van der Waals surface area contributed by atoms with Crippen LogP contribution in [-0.2, 0) is 27.8 Å². The van der Waals surface area contributed by atoms with Crippen LogP contribution in [0.15, 0.2) is 82.2 Å². The maximum atomic E-state index is 13.8. The van der Waals surface area contributed by atoms with Crippen LogP contribution in [0.5, 0.6) is 5.75 Å². The zero-order valence-corrected chi connectivity index (χ0v) is 25.9. The third kappa shape index (κ3) is 8.53. The minimum Gasteiger partial charge on any atom is -0.489 e. The zero-order chi connectivity index (χ0) is 31.9. The lowest BCUT2D eigenvalue weighted by Crippen LogP contribution is -2.32. The summed E-state index contributed by atoms with van der Waals surface area (Å²) in [5.74, 6) is -0.499. The predicted molar refractivity (Wildman–Crippen MR) is 163 cm³/mol. The van der Waals surface area contributed by atoms with Gasteiger partial charge in [-0.3, -0.25) is 9.59 Å². The minimum atomic E-state index is -4.19. The van der Waals surface area contributed by atoms with E-state index < -0.39 is 15.9 Å². The Balaban J connectivity index is 1.56. The van der Waals surface area contributed by atoms with Crippen LogP contribution < -0.4 is 14.8 Å². The molecule has 0 aliphatic rings. The van der Waals surface area contributed by atoms with E-state index in [1.807, 2.05) is 44.2 Å². The number of ether oxygens (including phenoxy) is 1. The van der Waals surface area contributed by atoms with Crippen molar-refractivity contribution in [2.45, 2.75) is 64.5 Å². The Labute approximate surface area is 256 Å². The molecule has 4 aromatic rings. The van der Waals surface area contributed by atoms with Crippen molar-refractivity contribution in [1.82, 2.24) is 15.2 Å². The number of para-hydroxylation sites is 1. The predicted octanol–water partition coefficient (Wildman–Crippen LogP) is 5.96. The molecule has 1 heterocycles. The first-order chi connectivity index (χ1) is 20.9. The highest BCUT2D eigenvalue weighted by atomic mass is 32.2. The Kier molecular flexibility index (Phi) is 10.5. The molecule has 0 spiro atoms. The zero-order valence-electron chi connectivity index (χ0n) is 25.1. The van der Waals surface area contributed by atoms with Crippen LogP contribution >= 0.6 is 0 Å². The van der Waals surface area contributed by atoms with E-state index in [0.717, 1.165) is 11.1 Å². The molecule has 0 aliphatic heterocycles. The summed E-state index contributed by atoms with van der Waals surface area (Å²) in [6.45, 7) is 7.19. The lowest BCUT2D eigenvalue weighted by Gasteiger charge is -2.22. The summed E-state index contributed by atoms with van der Waals surface area (Å²) in [4.78, 5) is 26.4. The average Bonchev–Trinajstić information content (AvgIpc) is 3.33. The lowest BCUT2D eigenvalue weighted by atomic mass is 9.95. The van der Waals surface area contributed by atoms with Crippen molar-refractivity contribution in [1.29, 1.82) is 0 Å². The summed E-state index contributed by atoms with van der Waals surface area (Å²) in [5, 5.41) is 6.73. The Morgan fingerprint density at radius 2 is 1.70 bits per heavy atom. The number of rotatable bonds is 13. The fourth-order valence-electron chi connectivity index (χ4n) is 4.87. The third-order valence-electron chi connectivity index (χ3n) is 6.96. The van der Waals surface area contributed by atoms with Crippen LogP contribution in [-0.4, -0.2) is 25.4 Å². The standard InChI is InChI=1S/C33H36FN3O6S/c1-21(2)18-30(26-12-15-27(34)16-13-26)35-33(39)29-19-24(20-42-28-8-6-5-7-9-28)10-11-25(29)14-17-31(38)37-44(40,41)32-22(3)36-43-23(32)4/h5-13,15-16,19,21,30H,14,17-18,20H2,1-4H3,(H,35,39)(H,37,38). The van der Waals surface area contributed by atoms with E-state index in [-0.39, 0.29) is 59.5 Å². The molecule has 2 amide bonds. The fraction of sp³-hybridized carbons (Fsp3) is 0.303. The molecule has 44 heavy (non-hydrogen) atoms. The quantitative estimate of drug-likeness (QED) is 0.188. The number of nitrogens with zero attached hydrogens (tertiary/aromatic N) is 1. The van der Waals surface area contributed by atoms with Gasteiger partial charge < -0.3 is 14.6 Å². The van der Waals surface area contributed by atoms with Crippen LogP contribution in [0.3, 0.4) is 0 Å². The van der Waals surface area contributed by atoms with Gasteiger partial charge in [-0.2, -0.15) is 0 Å². The molecule has 1 unspecified atom stereocenters. The molecule has 1 atom stereocenters. The van der Waals surface area contributed by atoms with E-state index in [2.05, 4.69) is 15.2 Å². The Hall–Kier alpha value is -4.51.